The summed E-state index contributed by atoms with van der Waals surface area (Å²) in [4.78, 5) is 21.0. The summed E-state index contributed by atoms with van der Waals surface area (Å²) in [6.45, 7) is 0.450. The normalized spacial score (nSPS) is 13.5. The second-order valence-electron chi connectivity index (χ2n) is 8.74. The van der Waals surface area contributed by atoms with Gasteiger partial charge in [0.25, 0.3) is 0 Å². The van der Waals surface area contributed by atoms with E-state index in [1.807, 2.05) is 59.3 Å². The highest BCUT2D eigenvalue weighted by molar-refractivity contribution is 7.92. The highest BCUT2D eigenvalue weighted by atomic mass is 32.2. The first-order valence-corrected chi connectivity index (χ1v) is 13.1. The van der Waals surface area contributed by atoms with E-state index in [-0.39, 0.29) is 11.8 Å². The van der Waals surface area contributed by atoms with Crippen molar-refractivity contribution < 1.29 is 13.2 Å². The fourth-order valence-electron chi connectivity index (χ4n) is 3.83. The van der Waals surface area contributed by atoms with Gasteiger partial charge in [-0.2, -0.15) is 4.98 Å². The summed E-state index contributed by atoms with van der Waals surface area (Å²) in [7, 11) is -1.84. The molecule has 5 rings (SSSR count). The minimum Gasteiger partial charge on any atom is -0.328 e. The lowest BCUT2D eigenvalue weighted by Gasteiger charge is -2.20. The molecule has 10 heteroatoms. The van der Waals surface area contributed by atoms with Gasteiger partial charge in [-0.05, 0) is 54.8 Å². The second kappa shape index (κ2) is 9.03. The van der Waals surface area contributed by atoms with Crippen molar-refractivity contribution in [3.63, 3.8) is 0 Å². The molecule has 0 spiro atoms. The number of amides is 1. The maximum atomic E-state index is 12.1. The van der Waals surface area contributed by atoms with Gasteiger partial charge < -0.3 is 15.2 Å². The van der Waals surface area contributed by atoms with Crippen LogP contribution in [0.4, 0.5) is 23.0 Å². The lowest BCUT2D eigenvalue weighted by atomic mass is 10.2. The number of nitrogens with one attached hydrogen (secondary N) is 2. The Morgan fingerprint density at radius 2 is 1.80 bits per heavy atom. The molecule has 180 valence electrons. The summed E-state index contributed by atoms with van der Waals surface area (Å²) in [6.07, 6.45) is 6.78. The first-order valence-electron chi connectivity index (χ1n) is 11.3. The zero-order valence-corrected chi connectivity index (χ0v) is 20.3. The second-order valence-corrected chi connectivity index (χ2v) is 10.8. The quantitative estimate of drug-likeness (QED) is 0.387. The van der Waals surface area contributed by atoms with E-state index in [9.17, 15) is 13.2 Å². The molecule has 0 atom stereocenters. The van der Waals surface area contributed by atoms with Crippen molar-refractivity contribution in [3.8, 4) is 0 Å². The van der Waals surface area contributed by atoms with Crippen LogP contribution < -0.4 is 14.9 Å². The first kappa shape index (κ1) is 22.9. The van der Waals surface area contributed by atoms with Gasteiger partial charge in [0.1, 0.15) is 5.65 Å². The summed E-state index contributed by atoms with van der Waals surface area (Å²) in [5.74, 6) is 0.668. The molecule has 2 aromatic carbocycles. The summed E-state index contributed by atoms with van der Waals surface area (Å²) >= 11 is 0. The number of anilines is 4. The molecule has 0 unspecified atom stereocenters. The standard InChI is InChI=1S/C25H26N6O3S/c1-30(35(2,33)34)22-6-4-3-5-19(22)16-31-14-13-18-15-26-25(29-23(18)31)28-21-11-9-20(10-12-21)27-24(32)17-7-8-17/h3-6,9-15,17H,7-8,16H2,1-2H3,(H,27,32)(H,26,28,29). The molecule has 4 aromatic rings. The Bertz CT molecular complexity index is 1490. The van der Waals surface area contributed by atoms with Crippen molar-refractivity contribution in [2.75, 3.05) is 28.2 Å². The van der Waals surface area contributed by atoms with Crippen molar-refractivity contribution in [3.05, 3.63) is 72.6 Å². The Hall–Kier alpha value is -3.92. The van der Waals surface area contributed by atoms with Crippen LogP contribution in [0, 0.1) is 5.92 Å². The number of benzene rings is 2. The van der Waals surface area contributed by atoms with Gasteiger partial charge in [-0.25, -0.2) is 13.4 Å². The van der Waals surface area contributed by atoms with E-state index in [2.05, 4.69) is 15.6 Å². The highest BCUT2D eigenvalue weighted by Gasteiger charge is 2.29. The van der Waals surface area contributed by atoms with Gasteiger partial charge in [0.05, 0.1) is 18.5 Å². The maximum absolute atomic E-state index is 12.1. The third-order valence-corrected chi connectivity index (χ3v) is 7.22. The van der Waals surface area contributed by atoms with Crippen LogP contribution in [0.1, 0.15) is 18.4 Å². The van der Waals surface area contributed by atoms with Crippen LogP contribution in [0.3, 0.4) is 0 Å². The number of para-hydroxylation sites is 1. The molecule has 1 aliphatic rings. The Morgan fingerprint density at radius 3 is 2.51 bits per heavy atom. The Labute approximate surface area is 203 Å². The molecule has 35 heavy (non-hydrogen) atoms. The Balaban J connectivity index is 1.36. The van der Waals surface area contributed by atoms with Crippen LogP contribution in [0.2, 0.25) is 0 Å². The van der Waals surface area contributed by atoms with Gasteiger partial charge in [-0.15, -0.1) is 0 Å². The molecule has 2 heterocycles. The molecule has 9 nitrogen and oxygen atoms in total. The number of fused-ring (bicyclic) bond motifs is 1. The molecule has 1 saturated carbocycles. The lowest BCUT2D eigenvalue weighted by molar-refractivity contribution is -0.117. The fraction of sp³-hybridized carbons (Fsp3) is 0.240. The number of carbonyl (C=O) groups excluding carboxylic acids is 1. The summed E-state index contributed by atoms with van der Waals surface area (Å²) < 4.78 is 27.4. The summed E-state index contributed by atoms with van der Waals surface area (Å²) in [5, 5.41) is 7.01. The topological polar surface area (TPSA) is 109 Å². The van der Waals surface area contributed by atoms with Gasteiger partial charge in [-0.1, -0.05) is 18.2 Å². The molecule has 0 aliphatic heterocycles. The molecular formula is C25H26N6O3S. The Kier molecular flexibility index (Phi) is 5.89. The summed E-state index contributed by atoms with van der Waals surface area (Å²) in [5.41, 5.74) is 3.77. The number of aromatic nitrogens is 3. The molecular weight excluding hydrogens is 464 g/mol. The van der Waals surface area contributed by atoms with Gasteiger partial charge in [0.2, 0.25) is 21.9 Å². The zero-order valence-electron chi connectivity index (χ0n) is 19.5. The molecule has 1 amide bonds. The minimum atomic E-state index is -3.39. The van der Waals surface area contributed by atoms with Crippen LogP contribution in [-0.2, 0) is 21.4 Å². The van der Waals surface area contributed by atoms with E-state index in [4.69, 9.17) is 4.98 Å². The average Bonchev–Trinajstić information content (AvgIpc) is 3.62. The number of nitrogens with zero attached hydrogens (tertiary/aromatic N) is 4. The van der Waals surface area contributed by atoms with E-state index in [1.165, 1.54) is 10.6 Å². The largest absolute Gasteiger partial charge is 0.328 e. The van der Waals surface area contributed by atoms with E-state index in [0.29, 0.717) is 18.2 Å². The van der Waals surface area contributed by atoms with E-state index in [1.54, 1.807) is 19.3 Å². The number of hydrogen-bond acceptors (Lipinski definition) is 6. The van der Waals surface area contributed by atoms with Crippen LogP contribution in [0.5, 0.6) is 0 Å². The van der Waals surface area contributed by atoms with Crippen molar-refractivity contribution in [1.82, 2.24) is 14.5 Å². The van der Waals surface area contributed by atoms with E-state index >= 15 is 0 Å². The molecule has 0 saturated heterocycles. The number of rotatable bonds is 8. The zero-order chi connectivity index (χ0) is 24.6. The fourth-order valence-corrected chi connectivity index (χ4v) is 4.36. The van der Waals surface area contributed by atoms with Crippen LogP contribution in [-0.4, -0.2) is 42.2 Å². The molecule has 2 aromatic heterocycles. The van der Waals surface area contributed by atoms with Crippen LogP contribution in [0.25, 0.3) is 11.0 Å². The minimum absolute atomic E-state index is 0.0737. The number of carbonyl (C=O) groups is 1. The van der Waals surface area contributed by atoms with Crippen molar-refractivity contribution in [2.24, 2.45) is 5.92 Å². The van der Waals surface area contributed by atoms with Gasteiger partial charge >= 0.3 is 0 Å². The van der Waals surface area contributed by atoms with Crippen LogP contribution in [0.15, 0.2) is 67.0 Å². The van der Waals surface area contributed by atoms with Crippen molar-refractivity contribution in [2.45, 2.75) is 19.4 Å². The average molecular weight is 491 g/mol. The molecule has 1 fully saturated rings. The van der Waals surface area contributed by atoms with Crippen LogP contribution >= 0.6 is 0 Å². The monoisotopic (exact) mass is 490 g/mol. The van der Waals surface area contributed by atoms with E-state index < -0.39 is 10.0 Å². The van der Waals surface area contributed by atoms with Gasteiger partial charge in [0.15, 0.2) is 0 Å². The molecule has 0 radical (unpaired) electrons. The summed E-state index contributed by atoms with van der Waals surface area (Å²) in [6, 6.07) is 16.8. The van der Waals surface area contributed by atoms with E-state index in [0.717, 1.165) is 40.8 Å². The lowest BCUT2D eigenvalue weighted by Crippen LogP contribution is -2.26. The predicted octanol–water partition coefficient (Wildman–Crippen LogP) is 3.97. The number of sulfonamides is 1. The molecule has 1 aliphatic carbocycles. The Morgan fingerprint density at radius 1 is 1.09 bits per heavy atom. The first-order chi connectivity index (χ1) is 16.8. The third-order valence-electron chi connectivity index (χ3n) is 6.03. The molecule has 0 bridgehead atoms. The maximum Gasteiger partial charge on any atom is 0.232 e. The third kappa shape index (κ3) is 5.12. The SMILES string of the molecule is CN(c1ccccc1Cn1ccc2cnc(Nc3ccc(NC(=O)C4CC4)cc3)nc21)S(C)(=O)=O. The van der Waals surface area contributed by atoms with Gasteiger partial charge in [-0.3, -0.25) is 9.10 Å². The predicted molar refractivity (Wildman–Crippen MR) is 137 cm³/mol. The molecule has 2 N–H and O–H groups in total. The number of hydrogen-bond donors (Lipinski definition) is 2. The smallest absolute Gasteiger partial charge is 0.232 e. The van der Waals surface area contributed by atoms with Crippen molar-refractivity contribution in [1.29, 1.82) is 0 Å². The highest BCUT2D eigenvalue weighted by Crippen LogP contribution is 2.30. The van der Waals surface area contributed by atoms with Crippen molar-refractivity contribution >= 4 is 50.0 Å². The van der Waals surface area contributed by atoms with Gasteiger partial charge in [0, 0.05) is 42.1 Å².